The number of ether oxygens (including phenoxy) is 1. The Kier molecular flexibility index (Phi) is 6.58. The first kappa shape index (κ1) is 13.9. The monoisotopic (exact) mass is 242 g/mol. The van der Waals surface area contributed by atoms with Crippen molar-refractivity contribution in [3.05, 3.63) is 30.1 Å². The van der Waals surface area contributed by atoms with E-state index in [9.17, 15) is 9.50 Å². The average Bonchev–Trinajstić information content (AvgIpc) is 2.34. The minimum absolute atomic E-state index is 0.197. The fourth-order valence-electron chi connectivity index (χ4n) is 1.48. The smallest absolute Gasteiger partial charge is 0.123 e. The lowest BCUT2D eigenvalue weighted by Gasteiger charge is -2.12. The van der Waals surface area contributed by atoms with Crippen LogP contribution >= 0.6 is 0 Å². The summed E-state index contributed by atoms with van der Waals surface area (Å²) in [5.41, 5.74) is 0. The molecule has 0 fully saturated rings. The third-order valence-electron chi connectivity index (χ3n) is 2.45. The van der Waals surface area contributed by atoms with Crippen LogP contribution in [-0.2, 0) is 0 Å². The fraction of sp³-hybridized carbons (Fsp3) is 0.538. The molecule has 1 rings (SSSR count). The lowest BCUT2D eigenvalue weighted by atomic mass is 10.1. The Labute approximate surface area is 101 Å². The van der Waals surface area contributed by atoms with Gasteiger partial charge in [-0.15, -0.1) is 0 Å². The van der Waals surface area contributed by atoms with E-state index in [0.717, 1.165) is 19.3 Å². The number of unbranched alkanes of at least 4 members (excludes halogenated alkanes) is 2. The van der Waals surface area contributed by atoms with Crippen LogP contribution < -0.4 is 4.74 Å². The van der Waals surface area contributed by atoms with Gasteiger partial charge in [-0.25, -0.2) is 4.39 Å². The second kappa shape index (κ2) is 8.03. The van der Waals surface area contributed by atoms with Gasteiger partial charge in [0.25, 0.3) is 0 Å². The van der Waals surface area contributed by atoms with Crippen LogP contribution in [0.25, 0.3) is 0 Å². The van der Waals surface area contributed by atoms with E-state index in [0.29, 0.717) is 12.2 Å². The van der Waals surface area contributed by atoms with E-state index < -0.39 is 6.10 Å². The molecule has 0 saturated heterocycles. The number of aliphatic hydroxyl groups excluding tert-OH is 2. The molecule has 1 aromatic rings. The van der Waals surface area contributed by atoms with Crippen LogP contribution in [0.15, 0.2) is 24.3 Å². The van der Waals surface area contributed by atoms with Gasteiger partial charge in [-0.3, -0.25) is 0 Å². The maximum Gasteiger partial charge on any atom is 0.123 e. The van der Waals surface area contributed by atoms with Crippen molar-refractivity contribution in [1.29, 1.82) is 0 Å². The maximum absolute atomic E-state index is 12.6. The van der Waals surface area contributed by atoms with Crippen LogP contribution in [-0.4, -0.2) is 29.5 Å². The summed E-state index contributed by atoms with van der Waals surface area (Å²) in [5.74, 6) is 0.253. The Hall–Kier alpha value is -1.13. The van der Waals surface area contributed by atoms with Gasteiger partial charge in [-0.05, 0) is 37.1 Å². The van der Waals surface area contributed by atoms with Crippen molar-refractivity contribution >= 4 is 0 Å². The van der Waals surface area contributed by atoms with Gasteiger partial charge in [0.1, 0.15) is 18.2 Å². The topological polar surface area (TPSA) is 49.7 Å². The van der Waals surface area contributed by atoms with Gasteiger partial charge >= 0.3 is 0 Å². The second-order valence-corrected chi connectivity index (χ2v) is 3.99. The zero-order chi connectivity index (χ0) is 12.5. The number of halogens is 1. The predicted octanol–water partition coefficient (Wildman–Crippen LogP) is 2.12. The van der Waals surface area contributed by atoms with E-state index in [1.165, 1.54) is 24.3 Å². The molecule has 0 radical (unpaired) electrons. The van der Waals surface area contributed by atoms with Gasteiger partial charge in [0.05, 0.1) is 6.10 Å². The fourth-order valence-corrected chi connectivity index (χ4v) is 1.48. The SMILES string of the molecule is OCCCCCC(O)COc1ccc(F)cc1. The molecule has 4 heteroatoms. The number of hydrogen-bond donors (Lipinski definition) is 2. The largest absolute Gasteiger partial charge is 0.491 e. The molecule has 0 aliphatic carbocycles. The molecule has 0 aromatic heterocycles. The highest BCUT2D eigenvalue weighted by Crippen LogP contribution is 2.12. The van der Waals surface area contributed by atoms with Gasteiger partial charge in [0.15, 0.2) is 0 Å². The molecule has 0 aliphatic rings. The Balaban J connectivity index is 2.14. The highest BCUT2D eigenvalue weighted by atomic mass is 19.1. The number of aliphatic hydroxyl groups is 2. The molecule has 3 nitrogen and oxygen atoms in total. The Morgan fingerprint density at radius 3 is 2.47 bits per heavy atom. The second-order valence-electron chi connectivity index (χ2n) is 3.99. The van der Waals surface area contributed by atoms with Crippen molar-refractivity contribution < 1.29 is 19.3 Å². The maximum atomic E-state index is 12.6. The normalized spacial score (nSPS) is 12.4. The number of benzene rings is 1. The molecule has 0 amide bonds. The van der Waals surface area contributed by atoms with Crippen LogP contribution in [0.3, 0.4) is 0 Å². The van der Waals surface area contributed by atoms with Gasteiger partial charge in [-0.1, -0.05) is 12.8 Å². The first-order valence-corrected chi connectivity index (χ1v) is 5.89. The minimum atomic E-state index is -0.515. The highest BCUT2D eigenvalue weighted by Gasteiger charge is 2.05. The molecule has 0 aliphatic heterocycles. The number of hydrogen-bond acceptors (Lipinski definition) is 3. The molecule has 0 spiro atoms. The van der Waals surface area contributed by atoms with Crippen LogP contribution in [0.5, 0.6) is 5.75 Å². The van der Waals surface area contributed by atoms with Gasteiger partial charge in [0, 0.05) is 6.61 Å². The molecule has 2 N–H and O–H groups in total. The highest BCUT2D eigenvalue weighted by molar-refractivity contribution is 5.21. The summed E-state index contributed by atoms with van der Waals surface area (Å²) >= 11 is 0. The van der Waals surface area contributed by atoms with Crippen molar-refractivity contribution in [2.75, 3.05) is 13.2 Å². The molecule has 0 saturated carbocycles. The molecular weight excluding hydrogens is 223 g/mol. The van der Waals surface area contributed by atoms with Crippen molar-refractivity contribution in [2.45, 2.75) is 31.8 Å². The quantitative estimate of drug-likeness (QED) is 0.686. The van der Waals surface area contributed by atoms with E-state index >= 15 is 0 Å². The van der Waals surface area contributed by atoms with Crippen molar-refractivity contribution in [2.24, 2.45) is 0 Å². The first-order chi connectivity index (χ1) is 8.22. The molecule has 0 bridgehead atoms. The lowest BCUT2D eigenvalue weighted by molar-refractivity contribution is 0.0970. The van der Waals surface area contributed by atoms with E-state index in [4.69, 9.17) is 9.84 Å². The molecule has 96 valence electrons. The summed E-state index contributed by atoms with van der Waals surface area (Å²) in [6, 6.07) is 5.72. The summed E-state index contributed by atoms with van der Waals surface area (Å²) < 4.78 is 17.9. The van der Waals surface area contributed by atoms with Gasteiger partial charge in [0.2, 0.25) is 0 Å². The van der Waals surface area contributed by atoms with E-state index in [1.54, 1.807) is 0 Å². The average molecular weight is 242 g/mol. The molecule has 0 heterocycles. The van der Waals surface area contributed by atoms with E-state index in [2.05, 4.69) is 0 Å². The summed E-state index contributed by atoms with van der Waals surface area (Å²) in [6.45, 7) is 0.410. The zero-order valence-electron chi connectivity index (χ0n) is 9.81. The van der Waals surface area contributed by atoms with Crippen LogP contribution in [0.2, 0.25) is 0 Å². The van der Waals surface area contributed by atoms with Gasteiger partial charge < -0.3 is 14.9 Å². The first-order valence-electron chi connectivity index (χ1n) is 5.89. The molecule has 1 unspecified atom stereocenters. The van der Waals surface area contributed by atoms with Crippen molar-refractivity contribution in [3.63, 3.8) is 0 Å². The molecule has 17 heavy (non-hydrogen) atoms. The lowest BCUT2D eigenvalue weighted by Crippen LogP contribution is -2.17. The van der Waals surface area contributed by atoms with Crippen molar-refractivity contribution in [3.8, 4) is 5.75 Å². The van der Waals surface area contributed by atoms with Crippen LogP contribution in [0, 0.1) is 5.82 Å². The summed E-state index contributed by atoms with van der Waals surface area (Å²) in [7, 11) is 0. The Bertz CT molecular complexity index is 300. The summed E-state index contributed by atoms with van der Waals surface area (Å²) in [4.78, 5) is 0. The van der Waals surface area contributed by atoms with Crippen LogP contribution in [0.4, 0.5) is 4.39 Å². The Morgan fingerprint density at radius 1 is 1.12 bits per heavy atom. The summed E-state index contributed by atoms with van der Waals surface area (Å²) in [5, 5.41) is 18.2. The summed E-state index contributed by atoms with van der Waals surface area (Å²) in [6.07, 6.45) is 2.68. The molecule has 1 aromatic carbocycles. The molecular formula is C13H19FO3. The number of rotatable bonds is 8. The Morgan fingerprint density at radius 2 is 1.82 bits per heavy atom. The van der Waals surface area contributed by atoms with Crippen LogP contribution in [0.1, 0.15) is 25.7 Å². The van der Waals surface area contributed by atoms with E-state index in [1.807, 2.05) is 0 Å². The standard InChI is InChI=1S/C13H19FO3/c14-11-5-7-13(8-6-11)17-10-12(16)4-2-1-3-9-15/h5-8,12,15-16H,1-4,9-10H2. The zero-order valence-corrected chi connectivity index (χ0v) is 9.81. The minimum Gasteiger partial charge on any atom is -0.491 e. The predicted molar refractivity (Wildman–Crippen MR) is 63.5 cm³/mol. The third-order valence-corrected chi connectivity index (χ3v) is 2.45. The third kappa shape index (κ3) is 6.24. The molecule has 1 atom stereocenters. The van der Waals surface area contributed by atoms with E-state index in [-0.39, 0.29) is 19.0 Å². The van der Waals surface area contributed by atoms with Crippen molar-refractivity contribution in [1.82, 2.24) is 0 Å². The van der Waals surface area contributed by atoms with Gasteiger partial charge in [-0.2, -0.15) is 0 Å².